The van der Waals surface area contributed by atoms with Gasteiger partial charge in [0.05, 0.1) is 16.6 Å². The Kier molecular flexibility index (Phi) is 3.21. The Morgan fingerprint density at radius 2 is 1.85 bits per heavy atom. The molecule has 0 radical (unpaired) electrons. The Morgan fingerprint density at radius 3 is 2.67 bits per heavy atom. The molecule has 27 heavy (non-hydrogen) atoms. The molecule has 7 heteroatoms. The van der Waals surface area contributed by atoms with Gasteiger partial charge in [-0.1, -0.05) is 30.3 Å². The van der Waals surface area contributed by atoms with Crippen molar-refractivity contribution >= 4 is 28.5 Å². The Hall–Kier alpha value is -3.48. The second kappa shape index (κ2) is 5.51. The number of aromatic nitrogens is 3. The number of para-hydroxylation sites is 2. The third-order valence-electron chi connectivity index (χ3n) is 5.13. The molecule has 1 aliphatic rings. The minimum atomic E-state index is -0.654. The van der Waals surface area contributed by atoms with Crippen LogP contribution in [0.3, 0.4) is 0 Å². The zero-order chi connectivity index (χ0) is 18.7. The summed E-state index contributed by atoms with van der Waals surface area (Å²) < 4.78 is 17.7. The first-order valence-corrected chi connectivity index (χ1v) is 8.60. The van der Waals surface area contributed by atoms with Crippen LogP contribution in [-0.2, 0) is 11.8 Å². The van der Waals surface area contributed by atoms with Crippen LogP contribution in [0.25, 0.3) is 16.8 Å². The normalized spacial score (nSPS) is 16.5. The molecule has 1 unspecified atom stereocenters. The molecule has 3 heterocycles. The van der Waals surface area contributed by atoms with Crippen LogP contribution < -0.4 is 10.9 Å². The number of nitrogens with zero attached hydrogens (tertiary/aromatic N) is 3. The summed E-state index contributed by atoms with van der Waals surface area (Å²) >= 11 is 0. The molecular formula is C20H15FN4O2. The monoisotopic (exact) mass is 362 g/mol. The van der Waals surface area contributed by atoms with Crippen molar-refractivity contribution in [3.8, 4) is 0 Å². The predicted molar refractivity (Wildman–Crippen MR) is 99.4 cm³/mol. The molecule has 5 rings (SSSR count). The molecule has 2 aromatic carbocycles. The third-order valence-corrected chi connectivity index (χ3v) is 5.13. The molecule has 0 spiro atoms. The van der Waals surface area contributed by atoms with Gasteiger partial charge in [0.15, 0.2) is 0 Å². The van der Waals surface area contributed by atoms with Crippen molar-refractivity contribution in [1.82, 2.24) is 14.0 Å². The molecule has 0 bridgehead atoms. The summed E-state index contributed by atoms with van der Waals surface area (Å²) in [5.41, 5.74) is 1.91. The summed E-state index contributed by atoms with van der Waals surface area (Å²) in [6.45, 7) is 0. The highest BCUT2D eigenvalue weighted by atomic mass is 19.1. The summed E-state index contributed by atoms with van der Waals surface area (Å²) in [7, 11) is 1.64. The minimum absolute atomic E-state index is 0.0152. The van der Waals surface area contributed by atoms with Gasteiger partial charge in [-0.3, -0.25) is 18.6 Å². The average Bonchev–Trinajstić information content (AvgIpc) is 3.06. The number of hydrogen-bond acceptors (Lipinski definition) is 3. The zero-order valence-corrected chi connectivity index (χ0v) is 14.4. The lowest BCUT2D eigenvalue weighted by atomic mass is 9.86. The van der Waals surface area contributed by atoms with Crippen LogP contribution in [0.2, 0.25) is 0 Å². The second-order valence-corrected chi connectivity index (χ2v) is 6.69. The van der Waals surface area contributed by atoms with Crippen molar-refractivity contribution in [2.75, 3.05) is 5.32 Å². The number of fused-ring (bicyclic) bond motifs is 5. The molecular weight excluding hydrogens is 347 g/mol. The molecule has 0 fully saturated rings. The molecule has 0 saturated carbocycles. The van der Waals surface area contributed by atoms with E-state index in [-0.39, 0.29) is 17.9 Å². The number of nitrogens with one attached hydrogen (secondary N) is 1. The molecule has 1 atom stereocenters. The predicted octanol–water partition coefficient (Wildman–Crippen LogP) is 2.80. The van der Waals surface area contributed by atoms with Crippen LogP contribution in [0.15, 0.2) is 53.3 Å². The number of hydrogen-bond donors (Lipinski definition) is 1. The highest BCUT2D eigenvalue weighted by molar-refractivity contribution is 5.96. The van der Waals surface area contributed by atoms with Crippen molar-refractivity contribution in [3.63, 3.8) is 0 Å². The SMILES string of the molecule is Cn1c(=O)c2c(n3c4ccccc4nc13)NC(=O)CC2c1ccccc1F. The lowest BCUT2D eigenvalue weighted by Crippen LogP contribution is -2.35. The Labute approximate surface area is 152 Å². The highest BCUT2D eigenvalue weighted by Gasteiger charge is 2.34. The first kappa shape index (κ1) is 15.7. The molecule has 4 aromatic rings. The van der Waals surface area contributed by atoms with E-state index in [4.69, 9.17) is 0 Å². The highest BCUT2D eigenvalue weighted by Crippen LogP contribution is 2.37. The van der Waals surface area contributed by atoms with Crippen molar-refractivity contribution in [2.24, 2.45) is 7.05 Å². The van der Waals surface area contributed by atoms with Crippen molar-refractivity contribution in [3.05, 3.63) is 75.8 Å². The van der Waals surface area contributed by atoms with Gasteiger partial charge < -0.3 is 5.32 Å². The number of carbonyl (C=O) groups is 1. The van der Waals surface area contributed by atoms with Gasteiger partial charge in [0, 0.05) is 19.4 Å². The molecule has 0 saturated heterocycles. The summed E-state index contributed by atoms with van der Waals surface area (Å²) in [5, 5.41) is 2.82. The topological polar surface area (TPSA) is 68.4 Å². The number of benzene rings is 2. The van der Waals surface area contributed by atoms with Crippen molar-refractivity contribution in [1.29, 1.82) is 0 Å². The molecule has 1 aliphatic heterocycles. The number of anilines is 1. The van der Waals surface area contributed by atoms with E-state index in [1.165, 1.54) is 10.6 Å². The van der Waals surface area contributed by atoms with E-state index in [1.54, 1.807) is 29.6 Å². The quantitative estimate of drug-likeness (QED) is 0.566. The number of rotatable bonds is 1. The van der Waals surface area contributed by atoms with E-state index in [0.29, 0.717) is 28.2 Å². The fourth-order valence-corrected chi connectivity index (χ4v) is 3.88. The Bertz CT molecular complexity index is 1300. The van der Waals surface area contributed by atoms with Crippen LogP contribution in [-0.4, -0.2) is 19.9 Å². The average molecular weight is 362 g/mol. The molecule has 1 N–H and O–H groups in total. The molecule has 2 aromatic heterocycles. The van der Waals surface area contributed by atoms with Gasteiger partial charge in [0.1, 0.15) is 11.6 Å². The number of imidazole rings is 1. The summed E-state index contributed by atoms with van der Waals surface area (Å²) in [5.74, 6) is -0.552. The summed E-state index contributed by atoms with van der Waals surface area (Å²) in [6, 6.07) is 13.7. The van der Waals surface area contributed by atoms with Gasteiger partial charge in [0.25, 0.3) is 5.56 Å². The summed E-state index contributed by atoms with van der Waals surface area (Å²) in [4.78, 5) is 30.1. The fraction of sp³-hybridized carbons (Fsp3) is 0.150. The third kappa shape index (κ3) is 2.14. The molecule has 0 aliphatic carbocycles. The number of carbonyl (C=O) groups excluding carboxylic acids is 1. The van der Waals surface area contributed by atoms with Gasteiger partial charge >= 0.3 is 0 Å². The molecule has 134 valence electrons. The summed E-state index contributed by atoms with van der Waals surface area (Å²) in [6.07, 6.45) is 0.0152. The van der Waals surface area contributed by atoms with Crippen molar-refractivity contribution < 1.29 is 9.18 Å². The largest absolute Gasteiger partial charge is 0.311 e. The van der Waals surface area contributed by atoms with Crippen molar-refractivity contribution in [2.45, 2.75) is 12.3 Å². The first-order chi connectivity index (χ1) is 13.1. The van der Waals surface area contributed by atoms with E-state index < -0.39 is 11.7 Å². The fourth-order valence-electron chi connectivity index (χ4n) is 3.88. The Morgan fingerprint density at radius 1 is 1.11 bits per heavy atom. The standard InChI is InChI=1S/C20H15FN4O2/c1-24-19(27)17-12(11-6-2-3-7-13(11)21)10-16(26)23-18(17)25-15-9-5-4-8-14(15)22-20(24)25/h2-9,12H,10H2,1H3,(H,23,26). The second-order valence-electron chi connectivity index (χ2n) is 6.69. The van der Waals surface area contributed by atoms with Gasteiger partial charge in [0.2, 0.25) is 11.7 Å². The first-order valence-electron chi connectivity index (χ1n) is 8.60. The van der Waals surface area contributed by atoms with Crippen LogP contribution in [0.4, 0.5) is 10.2 Å². The zero-order valence-electron chi connectivity index (χ0n) is 14.4. The van der Waals surface area contributed by atoms with Crippen LogP contribution in [0, 0.1) is 5.82 Å². The Balaban J connectivity index is 1.94. The van der Waals surface area contributed by atoms with Gasteiger partial charge in [-0.2, -0.15) is 0 Å². The maximum absolute atomic E-state index is 14.5. The lowest BCUT2D eigenvalue weighted by Gasteiger charge is -2.27. The van der Waals surface area contributed by atoms with Crippen LogP contribution >= 0.6 is 0 Å². The van der Waals surface area contributed by atoms with E-state index in [0.717, 1.165) is 5.52 Å². The van der Waals surface area contributed by atoms with Crippen LogP contribution in [0.1, 0.15) is 23.5 Å². The number of halogens is 1. The van der Waals surface area contributed by atoms with Gasteiger partial charge in [-0.05, 0) is 23.8 Å². The van der Waals surface area contributed by atoms with Gasteiger partial charge in [-0.25, -0.2) is 9.37 Å². The van der Waals surface area contributed by atoms with E-state index in [2.05, 4.69) is 10.3 Å². The molecule has 1 amide bonds. The van der Waals surface area contributed by atoms with Gasteiger partial charge in [-0.15, -0.1) is 0 Å². The minimum Gasteiger partial charge on any atom is -0.311 e. The maximum atomic E-state index is 14.5. The molecule has 6 nitrogen and oxygen atoms in total. The van der Waals surface area contributed by atoms with E-state index in [1.807, 2.05) is 24.3 Å². The number of amides is 1. The van der Waals surface area contributed by atoms with E-state index >= 15 is 0 Å². The lowest BCUT2D eigenvalue weighted by molar-refractivity contribution is -0.116. The van der Waals surface area contributed by atoms with Crippen LogP contribution in [0.5, 0.6) is 0 Å². The smallest absolute Gasteiger partial charge is 0.260 e. The maximum Gasteiger partial charge on any atom is 0.260 e. The van der Waals surface area contributed by atoms with E-state index in [9.17, 15) is 14.0 Å². The number of aryl methyl sites for hydroxylation is 1.